The summed E-state index contributed by atoms with van der Waals surface area (Å²) in [5, 5.41) is 8.52. The third-order valence-corrected chi connectivity index (χ3v) is 1.81. The van der Waals surface area contributed by atoms with Crippen LogP contribution in [0.2, 0.25) is 0 Å². The van der Waals surface area contributed by atoms with E-state index in [1.807, 2.05) is 0 Å². The monoisotopic (exact) mass is 173 g/mol. The first-order chi connectivity index (χ1) is 5.59. The van der Waals surface area contributed by atoms with Crippen molar-refractivity contribution in [1.82, 2.24) is 0 Å². The second kappa shape index (κ2) is 3.53. The molecule has 1 heterocycles. The SMILES string of the molecule is NC(=O)C[C@@H]1CC[C@H](C(=O)O)O1. The molecular formula is C7H11NO4. The summed E-state index contributed by atoms with van der Waals surface area (Å²) in [4.78, 5) is 20.8. The van der Waals surface area contributed by atoms with Gasteiger partial charge in [0.15, 0.2) is 6.10 Å². The highest BCUT2D eigenvalue weighted by molar-refractivity contribution is 5.75. The van der Waals surface area contributed by atoms with Crippen LogP contribution in [0, 0.1) is 0 Å². The van der Waals surface area contributed by atoms with Gasteiger partial charge in [0.05, 0.1) is 12.5 Å². The van der Waals surface area contributed by atoms with Gasteiger partial charge in [-0.25, -0.2) is 4.79 Å². The first-order valence-electron chi connectivity index (χ1n) is 3.76. The van der Waals surface area contributed by atoms with E-state index in [2.05, 4.69) is 0 Å². The maximum atomic E-state index is 10.4. The molecule has 0 aromatic heterocycles. The molecule has 0 saturated carbocycles. The van der Waals surface area contributed by atoms with Crippen molar-refractivity contribution in [2.24, 2.45) is 5.73 Å². The summed E-state index contributed by atoms with van der Waals surface area (Å²) in [5.74, 6) is -1.42. The van der Waals surface area contributed by atoms with Crippen LogP contribution in [-0.4, -0.2) is 29.2 Å². The van der Waals surface area contributed by atoms with Gasteiger partial charge >= 0.3 is 5.97 Å². The molecule has 1 saturated heterocycles. The summed E-state index contributed by atoms with van der Waals surface area (Å²) in [7, 11) is 0. The maximum Gasteiger partial charge on any atom is 0.332 e. The highest BCUT2D eigenvalue weighted by Gasteiger charge is 2.30. The molecule has 5 nitrogen and oxygen atoms in total. The molecule has 12 heavy (non-hydrogen) atoms. The first kappa shape index (κ1) is 8.99. The van der Waals surface area contributed by atoms with Gasteiger partial charge in [-0.05, 0) is 12.8 Å². The van der Waals surface area contributed by atoms with E-state index in [-0.39, 0.29) is 12.5 Å². The molecule has 1 rings (SSSR count). The number of ether oxygens (including phenoxy) is 1. The number of nitrogens with two attached hydrogens (primary N) is 1. The van der Waals surface area contributed by atoms with Crippen LogP contribution < -0.4 is 5.73 Å². The minimum absolute atomic E-state index is 0.115. The van der Waals surface area contributed by atoms with E-state index in [9.17, 15) is 9.59 Å². The van der Waals surface area contributed by atoms with Gasteiger partial charge in [0, 0.05) is 0 Å². The van der Waals surface area contributed by atoms with E-state index in [0.717, 1.165) is 0 Å². The van der Waals surface area contributed by atoms with Crippen molar-refractivity contribution in [2.45, 2.75) is 31.5 Å². The Morgan fingerprint density at radius 3 is 2.58 bits per heavy atom. The highest BCUT2D eigenvalue weighted by atomic mass is 16.5. The topological polar surface area (TPSA) is 89.6 Å². The third-order valence-electron chi connectivity index (χ3n) is 1.81. The lowest BCUT2D eigenvalue weighted by molar-refractivity contribution is -0.150. The average Bonchev–Trinajstić information content (AvgIpc) is 2.34. The first-order valence-corrected chi connectivity index (χ1v) is 3.76. The van der Waals surface area contributed by atoms with E-state index in [4.69, 9.17) is 15.6 Å². The Hall–Kier alpha value is -1.10. The zero-order chi connectivity index (χ0) is 9.14. The fourth-order valence-electron chi connectivity index (χ4n) is 1.26. The molecule has 5 heteroatoms. The van der Waals surface area contributed by atoms with Gasteiger partial charge in [0.2, 0.25) is 5.91 Å². The minimum atomic E-state index is -0.970. The summed E-state index contributed by atoms with van der Waals surface area (Å²) in [6.07, 6.45) is 0.120. The van der Waals surface area contributed by atoms with Crippen molar-refractivity contribution in [3.63, 3.8) is 0 Å². The smallest absolute Gasteiger partial charge is 0.332 e. The number of rotatable bonds is 3. The maximum absolute atomic E-state index is 10.4. The van der Waals surface area contributed by atoms with Crippen molar-refractivity contribution in [2.75, 3.05) is 0 Å². The fourth-order valence-corrected chi connectivity index (χ4v) is 1.26. The zero-order valence-electron chi connectivity index (χ0n) is 6.53. The van der Waals surface area contributed by atoms with Crippen molar-refractivity contribution < 1.29 is 19.4 Å². The van der Waals surface area contributed by atoms with Gasteiger partial charge in [-0.1, -0.05) is 0 Å². The second-order valence-electron chi connectivity index (χ2n) is 2.83. The number of aliphatic carboxylic acids is 1. The Balaban J connectivity index is 2.35. The molecule has 1 amide bonds. The van der Waals surface area contributed by atoms with Crippen LogP contribution in [-0.2, 0) is 14.3 Å². The number of carboxylic acids is 1. The lowest BCUT2D eigenvalue weighted by atomic mass is 10.1. The molecule has 1 aliphatic rings. The van der Waals surface area contributed by atoms with Crippen LogP contribution >= 0.6 is 0 Å². The van der Waals surface area contributed by atoms with Crippen molar-refractivity contribution >= 4 is 11.9 Å². The molecule has 68 valence electrons. The summed E-state index contributed by atoms with van der Waals surface area (Å²) in [6, 6.07) is 0. The van der Waals surface area contributed by atoms with Gasteiger partial charge < -0.3 is 15.6 Å². The lowest BCUT2D eigenvalue weighted by Gasteiger charge is -2.07. The number of carbonyl (C=O) groups excluding carboxylic acids is 1. The third kappa shape index (κ3) is 2.20. The Morgan fingerprint density at radius 1 is 1.50 bits per heavy atom. The summed E-state index contributed by atoms with van der Waals surface area (Å²) >= 11 is 0. The quantitative estimate of drug-likeness (QED) is 0.601. The largest absolute Gasteiger partial charge is 0.479 e. The van der Waals surface area contributed by atoms with E-state index in [1.54, 1.807) is 0 Å². The van der Waals surface area contributed by atoms with Crippen LogP contribution in [0.4, 0.5) is 0 Å². The van der Waals surface area contributed by atoms with Crippen LogP contribution in [0.5, 0.6) is 0 Å². The van der Waals surface area contributed by atoms with E-state index in [0.29, 0.717) is 12.8 Å². The minimum Gasteiger partial charge on any atom is -0.479 e. The number of amides is 1. The van der Waals surface area contributed by atoms with Crippen molar-refractivity contribution in [3.8, 4) is 0 Å². The Bertz CT molecular complexity index is 204. The fraction of sp³-hybridized carbons (Fsp3) is 0.714. The van der Waals surface area contributed by atoms with Crippen LogP contribution in [0.3, 0.4) is 0 Å². The van der Waals surface area contributed by atoms with E-state index >= 15 is 0 Å². The van der Waals surface area contributed by atoms with Gasteiger partial charge in [-0.15, -0.1) is 0 Å². The number of primary amides is 1. The standard InChI is InChI=1S/C7H11NO4/c8-6(9)3-4-1-2-5(12-4)7(10)11/h4-5H,1-3H2,(H2,8,9)(H,10,11)/t4-,5+/m0/s1. The van der Waals surface area contributed by atoms with Crippen LogP contribution in [0.25, 0.3) is 0 Å². The van der Waals surface area contributed by atoms with Crippen LogP contribution in [0.1, 0.15) is 19.3 Å². The number of hydrogen-bond donors (Lipinski definition) is 2. The summed E-state index contributed by atoms with van der Waals surface area (Å²) in [5.41, 5.74) is 4.93. The van der Waals surface area contributed by atoms with Gasteiger partial charge in [-0.3, -0.25) is 4.79 Å². The highest BCUT2D eigenvalue weighted by Crippen LogP contribution is 2.21. The number of carboxylic acid groups (broad SMARTS) is 1. The predicted molar refractivity (Wildman–Crippen MR) is 39.3 cm³/mol. The summed E-state index contributed by atoms with van der Waals surface area (Å²) in [6.45, 7) is 0. The Kier molecular flexibility index (Phi) is 2.65. The molecule has 0 spiro atoms. The second-order valence-corrected chi connectivity index (χ2v) is 2.83. The number of hydrogen-bond acceptors (Lipinski definition) is 3. The van der Waals surface area contributed by atoms with Crippen molar-refractivity contribution in [3.05, 3.63) is 0 Å². The molecule has 1 aliphatic heterocycles. The van der Waals surface area contributed by atoms with Gasteiger partial charge in [-0.2, -0.15) is 0 Å². The molecule has 0 unspecified atom stereocenters. The van der Waals surface area contributed by atoms with Crippen molar-refractivity contribution in [1.29, 1.82) is 0 Å². The van der Waals surface area contributed by atoms with Gasteiger partial charge in [0.25, 0.3) is 0 Å². The molecule has 0 radical (unpaired) electrons. The molecule has 2 atom stereocenters. The summed E-state index contributed by atoms with van der Waals surface area (Å²) < 4.78 is 5.03. The molecule has 0 bridgehead atoms. The Labute approximate surface area is 69.5 Å². The molecule has 0 aliphatic carbocycles. The molecular weight excluding hydrogens is 162 g/mol. The predicted octanol–water partition coefficient (Wildman–Crippen LogP) is -0.506. The van der Waals surface area contributed by atoms with Gasteiger partial charge in [0.1, 0.15) is 0 Å². The zero-order valence-corrected chi connectivity index (χ0v) is 6.53. The van der Waals surface area contributed by atoms with E-state index < -0.39 is 18.0 Å². The Morgan fingerprint density at radius 2 is 2.17 bits per heavy atom. The lowest BCUT2D eigenvalue weighted by Crippen LogP contribution is -2.23. The molecule has 0 aromatic rings. The molecule has 1 fully saturated rings. The normalized spacial score (nSPS) is 28.7. The average molecular weight is 173 g/mol. The van der Waals surface area contributed by atoms with E-state index in [1.165, 1.54) is 0 Å². The number of carbonyl (C=O) groups is 2. The molecule has 0 aromatic carbocycles. The van der Waals surface area contributed by atoms with Crippen LogP contribution in [0.15, 0.2) is 0 Å². The molecule has 3 N–H and O–H groups in total.